The summed E-state index contributed by atoms with van der Waals surface area (Å²) in [4.78, 5) is 0. The van der Waals surface area contributed by atoms with E-state index in [4.69, 9.17) is 9.47 Å². The number of aromatic nitrogens is 4. The SMILES string of the molecule is CCc1cc(OC)c(O)cc1OCCCCCC(C)Cc1nn[nH]n1. The van der Waals surface area contributed by atoms with Crippen LogP contribution >= 0.6 is 0 Å². The summed E-state index contributed by atoms with van der Waals surface area (Å²) in [6.07, 6.45) is 6.08. The molecule has 1 heterocycles. The summed E-state index contributed by atoms with van der Waals surface area (Å²) < 4.78 is 11.0. The van der Waals surface area contributed by atoms with Gasteiger partial charge in [-0.05, 0) is 30.4 Å². The van der Waals surface area contributed by atoms with Crippen LogP contribution in [0.4, 0.5) is 0 Å². The van der Waals surface area contributed by atoms with Crippen molar-refractivity contribution in [1.29, 1.82) is 0 Å². The number of ether oxygens (including phenoxy) is 2. The van der Waals surface area contributed by atoms with E-state index >= 15 is 0 Å². The number of aromatic amines is 1. The largest absolute Gasteiger partial charge is 0.504 e. The van der Waals surface area contributed by atoms with Crippen molar-refractivity contribution in [3.05, 3.63) is 23.5 Å². The van der Waals surface area contributed by atoms with Crippen molar-refractivity contribution in [1.82, 2.24) is 20.6 Å². The van der Waals surface area contributed by atoms with Gasteiger partial charge in [-0.3, -0.25) is 0 Å². The Balaban J connectivity index is 1.66. The number of aromatic hydroxyl groups is 1. The van der Waals surface area contributed by atoms with E-state index in [9.17, 15) is 5.11 Å². The molecule has 1 unspecified atom stereocenters. The van der Waals surface area contributed by atoms with Gasteiger partial charge in [-0.2, -0.15) is 5.21 Å². The molecule has 0 saturated heterocycles. The number of tetrazole rings is 1. The predicted molar refractivity (Wildman–Crippen MR) is 95.0 cm³/mol. The molecule has 0 radical (unpaired) electrons. The summed E-state index contributed by atoms with van der Waals surface area (Å²) in [5, 5.41) is 23.9. The van der Waals surface area contributed by atoms with Gasteiger partial charge in [0.2, 0.25) is 0 Å². The van der Waals surface area contributed by atoms with Gasteiger partial charge in [0, 0.05) is 12.5 Å². The number of unbranched alkanes of at least 4 members (excludes halogenated alkanes) is 2. The van der Waals surface area contributed by atoms with E-state index in [0.717, 1.165) is 55.7 Å². The normalized spacial score (nSPS) is 12.1. The van der Waals surface area contributed by atoms with Crippen LogP contribution in [-0.4, -0.2) is 39.4 Å². The fourth-order valence-electron chi connectivity index (χ4n) is 2.80. The van der Waals surface area contributed by atoms with Crippen LogP contribution in [0.1, 0.15) is 50.9 Å². The second-order valence-electron chi connectivity index (χ2n) is 6.32. The zero-order valence-electron chi connectivity index (χ0n) is 15.3. The topological polar surface area (TPSA) is 93.1 Å². The first-order valence-electron chi connectivity index (χ1n) is 8.89. The van der Waals surface area contributed by atoms with E-state index in [0.29, 0.717) is 18.3 Å². The van der Waals surface area contributed by atoms with Crippen LogP contribution in [0.2, 0.25) is 0 Å². The van der Waals surface area contributed by atoms with Crippen LogP contribution in [0.15, 0.2) is 12.1 Å². The number of aryl methyl sites for hydroxylation is 1. The lowest BCUT2D eigenvalue weighted by Crippen LogP contribution is -2.03. The molecular formula is C18H28N4O3. The van der Waals surface area contributed by atoms with Crippen molar-refractivity contribution >= 4 is 0 Å². The molecular weight excluding hydrogens is 320 g/mol. The molecule has 7 heteroatoms. The Hall–Kier alpha value is -2.31. The van der Waals surface area contributed by atoms with E-state index < -0.39 is 0 Å². The van der Waals surface area contributed by atoms with Crippen molar-refractivity contribution in [2.45, 2.75) is 52.4 Å². The molecule has 7 nitrogen and oxygen atoms in total. The molecule has 0 spiro atoms. The molecule has 0 fully saturated rings. The number of hydrogen-bond acceptors (Lipinski definition) is 6. The Morgan fingerprint density at radius 2 is 2.04 bits per heavy atom. The minimum absolute atomic E-state index is 0.116. The Labute approximate surface area is 148 Å². The summed E-state index contributed by atoms with van der Waals surface area (Å²) in [5.41, 5.74) is 1.04. The maximum absolute atomic E-state index is 9.90. The van der Waals surface area contributed by atoms with Crippen LogP contribution in [0, 0.1) is 5.92 Å². The van der Waals surface area contributed by atoms with Crippen molar-refractivity contribution in [3.63, 3.8) is 0 Å². The minimum atomic E-state index is 0.116. The molecule has 2 N–H and O–H groups in total. The Morgan fingerprint density at radius 1 is 1.20 bits per heavy atom. The lowest BCUT2D eigenvalue weighted by molar-refractivity contribution is 0.296. The van der Waals surface area contributed by atoms with Crippen molar-refractivity contribution in [2.75, 3.05) is 13.7 Å². The molecule has 138 valence electrons. The zero-order valence-corrected chi connectivity index (χ0v) is 15.3. The number of methoxy groups -OCH3 is 1. The highest BCUT2D eigenvalue weighted by Crippen LogP contribution is 2.34. The van der Waals surface area contributed by atoms with Crippen molar-refractivity contribution in [2.24, 2.45) is 5.92 Å². The number of benzene rings is 1. The first-order valence-corrected chi connectivity index (χ1v) is 8.89. The van der Waals surface area contributed by atoms with Crippen molar-refractivity contribution in [3.8, 4) is 17.2 Å². The van der Waals surface area contributed by atoms with Crippen LogP contribution in [0.5, 0.6) is 17.2 Å². The number of nitrogens with zero attached hydrogens (tertiary/aromatic N) is 3. The number of H-pyrrole nitrogens is 1. The highest BCUT2D eigenvalue weighted by Gasteiger charge is 2.10. The van der Waals surface area contributed by atoms with Gasteiger partial charge < -0.3 is 14.6 Å². The maximum Gasteiger partial charge on any atom is 0.174 e. The van der Waals surface area contributed by atoms with Gasteiger partial charge in [-0.25, -0.2) is 0 Å². The Morgan fingerprint density at radius 3 is 2.72 bits per heavy atom. The molecule has 0 bridgehead atoms. The third-order valence-electron chi connectivity index (χ3n) is 4.26. The molecule has 0 saturated carbocycles. The molecule has 0 aliphatic heterocycles. The lowest BCUT2D eigenvalue weighted by Gasteiger charge is -2.13. The fourth-order valence-corrected chi connectivity index (χ4v) is 2.80. The summed E-state index contributed by atoms with van der Waals surface area (Å²) >= 11 is 0. The van der Waals surface area contributed by atoms with E-state index in [1.165, 1.54) is 0 Å². The molecule has 1 atom stereocenters. The average molecular weight is 348 g/mol. The molecule has 2 rings (SSSR count). The van der Waals surface area contributed by atoms with Crippen LogP contribution in [0.3, 0.4) is 0 Å². The molecule has 1 aromatic carbocycles. The number of hydrogen-bond donors (Lipinski definition) is 2. The lowest BCUT2D eigenvalue weighted by atomic mass is 10.00. The number of phenolic OH excluding ortho intramolecular Hbond substituents is 1. The summed E-state index contributed by atoms with van der Waals surface area (Å²) in [7, 11) is 1.55. The van der Waals surface area contributed by atoms with Crippen molar-refractivity contribution < 1.29 is 14.6 Å². The molecule has 0 aliphatic rings. The number of phenols is 1. The quantitative estimate of drug-likeness (QED) is 0.605. The molecule has 25 heavy (non-hydrogen) atoms. The summed E-state index contributed by atoms with van der Waals surface area (Å²) in [6.45, 7) is 4.92. The number of nitrogens with one attached hydrogen (secondary N) is 1. The fraction of sp³-hybridized carbons (Fsp3) is 0.611. The maximum atomic E-state index is 9.90. The van der Waals surface area contributed by atoms with Crippen LogP contribution in [-0.2, 0) is 12.8 Å². The first kappa shape index (κ1) is 19.0. The van der Waals surface area contributed by atoms with E-state index in [2.05, 4.69) is 34.5 Å². The second-order valence-corrected chi connectivity index (χ2v) is 6.32. The molecule has 0 amide bonds. The van der Waals surface area contributed by atoms with Crippen LogP contribution in [0.25, 0.3) is 0 Å². The van der Waals surface area contributed by atoms with Gasteiger partial charge in [-0.1, -0.05) is 38.3 Å². The molecule has 0 aliphatic carbocycles. The highest BCUT2D eigenvalue weighted by atomic mass is 16.5. The van der Waals surface area contributed by atoms with E-state index in [1.807, 2.05) is 6.07 Å². The van der Waals surface area contributed by atoms with Gasteiger partial charge in [0.05, 0.1) is 13.7 Å². The third-order valence-corrected chi connectivity index (χ3v) is 4.26. The van der Waals surface area contributed by atoms with Crippen LogP contribution < -0.4 is 9.47 Å². The average Bonchev–Trinajstić information content (AvgIpc) is 3.11. The summed E-state index contributed by atoms with van der Waals surface area (Å²) in [5.74, 6) is 2.67. The smallest absolute Gasteiger partial charge is 0.174 e. The van der Waals surface area contributed by atoms with Gasteiger partial charge in [-0.15, -0.1) is 10.2 Å². The molecule has 1 aromatic heterocycles. The predicted octanol–water partition coefficient (Wildman–Crippen LogP) is 3.29. The third kappa shape index (κ3) is 5.92. The summed E-state index contributed by atoms with van der Waals surface area (Å²) in [6, 6.07) is 3.48. The molecule has 2 aromatic rings. The Bertz CT molecular complexity index is 632. The van der Waals surface area contributed by atoms with E-state index in [-0.39, 0.29) is 5.75 Å². The standard InChI is InChI=1S/C18H28N4O3/c1-4-14-11-17(24-3)15(23)12-16(14)25-9-7-5-6-8-13(2)10-18-19-21-22-20-18/h11-13,23H,4-10H2,1-3H3,(H,19,20,21,22). The minimum Gasteiger partial charge on any atom is -0.504 e. The van der Waals surface area contributed by atoms with Gasteiger partial charge in [0.1, 0.15) is 5.75 Å². The van der Waals surface area contributed by atoms with Gasteiger partial charge in [0.25, 0.3) is 0 Å². The number of rotatable bonds is 11. The van der Waals surface area contributed by atoms with E-state index in [1.54, 1.807) is 13.2 Å². The van der Waals surface area contributed by atoms with Gasteiger partial charge >= 0.3 is 0 Å². The zero-order chi connectivity index (χ0) is 18.1. The van der Waals surface area contributed by atoms with Gasteiger partial charge in [0.15, 0.2) is 17.3 Å². The highest BCUT2D eigenvalue weighted by molar-refractivity contribution is 5.49. The first-order chi connectivity index (χ1) is 12.1. The Kier molecular flexibility index (Phi) is 7.50. The monoisotopic (exact) mass is 348 g/mol. The second kappa shape index (κ2) is 9.86.